The molecule has 0 aliphatic carbocycles. The van der Waals surface area contributed by atoms with Crippen LogP contribution in [0.4, 0.5) is 4.79 Å². The molecule has 3 aromatic rings. The number of carboxylic acids is 1. The van der Waals surface area contributed by atoms with Gasteiger partial charge in [-0.05, 0) is 23.6 Å². The number of nitrogens with one attached hydrogen (secondary N) is 1. The van der Waals surface area contributed by atoms with Gasteiger partial charge in [0.25, 0.3) is 5.91 Å². The first kappa shape index (κ1) is 22.6. The van der Waals surface area contributed by atoms with Crippen LogP contribution < -0.4 is 5.32 Å². The number of aromatic hydroxyl groups is 1. The van der Waals surface area contributed by atoms with Crippen molar-refractivity contribution in [2.24, 2.45) is 5.41 Å². The Morgan fingerprint density at radius 2 is 1.56 bits per heavy atom. The molecule has 2 amide bonds. The Hall–Kier alpha value is -4.13. The molecule has 0 radical (unpaired) electrons. The van der Waals surface area contributed by atoms with E-state index in [0.29, 0.717) is 21.9 Å². The number of carbonyl (C=O) groups excluding carboxylic acids is 2. The lowest BCUT2D eigenvalue weighted by atomic mass is 9.80. The molecule has 3 N–H and O–H groups in total. The van der Waals surface area contributed by atoms with E-state index in [9.17, 15) is 19.5 Å². The number of rotatable bonds is 6. The van der Waals surface area contributed by atoms with Crippen LogP contribution in [-0.4, -0.2) is 28.2 Å². The van der Waals surface area contributed by atoms with Gasteiger partial charge in [-0.3, -0.25) is 10.1 Å². The minimum Gasteiger partial charge on any atom is -0.507 e. The number of hydrogen-bond acceptors (Lipinski definition) is 5. The molecular weight excluding hydrogens is 410 g/mol. The van der Waals surface area contributed by atoms with Crippen LogP contribution in [-0.2, 0) is 9.53 Å². The number of phenols is 1. The molecule has 0 heterocycles. The number of ether oxygens (including phenoxy) is 1. The average Bonchev–Trinajstić information content (AvgIpc) is 2.77. The summed E-state index contributed by atoms with van der Waals surface area (Å²) < 4.78 is 5.68. The molecule has 0 unspecified atom stereocenters. The van der Waals surface area contributed by atoms with Gasteiger partial charge in [0.2, 0.25) is 0 Å². The van der Waals surface area contributed by atoms with Crippen molar-refractivity contribution in [1.29, 1.82) is 0 Å². The zero-order valence-corrected chi connectivity index (χ0v) is 17.6. The summed E-state index contributed by atoms with van der Waals surface area (Å²) in [5, 5.41) is 22.7. The van der Waals surface area contributed by atoms with Gasteiger partial charge in [0, 0.05) is 28.0 Å². The van der Waals surface area contributed by atoms with Gasteiger partial charge in [-0.25, -0.2) is 9.59 Å². The van der Waals surface area contributed by atoms with E-state index in [1.807, 2.05) is 0 Å². The molecule has 0 saturated heterocycles. The number of imide groups is 1. The molecule has 7 nitrogen and oxygen atoms in total. The highest BCUT2D eigenvalue weighted by Crippen LogP contribution is 2.42. The third kappa shape index (κ3) is 5.13. The lowest BCUT2D eigenvalue weighted by Crippen LogP contribution is -2.35. The number of phenolic OH excluding ortho intramolecular Hbond substituents is 1. The number of hydrogen-bond donors (Lipinski definition) is 3. The smallest absolute Gasteiger partial charge is 0.414 e. The molecule has 0 fully saturated rings. The summed E-state index contributed by atoms with van der Waals surface area (Å²) in [6.45, 7) is 3.43. The highest BCUT2D eigenvalue weighted by molar-refractivity contribution is 6.03. The molecule has 3 rings (SSSR count). The van der Waals surface area contributed by atoms with Crippen LogP contribution in [0.3, 0.4) is 0 Å². The summed E-state index contributed by atoms with van der Waals surface area (Å²) in [5.74, 6) is -1.70. The van der Waals surface area contributed by atoms with E-state index in [1.165, 1.54) is 12.1 Å². The Morgan fingerprint density at radius 1 is 0.938 bits per heavy atom. The Morgan fingerprint density at radius 3 is 2.22 bits per heavy atom. The fourth-order valence-corrected chi connectivity index (χ4v) is 3.42. The Kier molecular flexibility index (Phi) is 6.59. The number of carbonyl (C=O) groups is 3. The second-order valence-corrected chi connectivity index (χ2v) is 7.82. The van der Waals surface area contributed by atoms with Crippen LogP contribution in [0, 0.1) is 5.41 Å². The molecule has 0 aliphatic heterocycles. The van der Waals surface area contributed by atoms with Crippen molar-refractivity contribution in [1.82, 2.24) is 5.32 Å². The number of aliphatic carboxylic acids is 1. The number of fused-ring (bicyclic) bond motifs is 1. The monoisotopic (exact) mass is 433 g/mol. The summed E-state index contributed by atoms with van der Waals surface area (Å²) in [6, 6.07) is 18.4. The second kappa shape index (κ2) is 9.34. The second-order valence-electron chi connectivity index (χ2n) is 7.82. The molecule has 0 saturated carbocycles. The van der Waals surface area contributed by atoms with Crippen LogP contribution in [0.5, 0.6) is 5.75 Å². The lowest BCUT2D eigenvalue weighted by Gasteiger charge is -2.32. The maximum atomic E-state index is 12.7. The first-order valence-electron chi connectivity index (χ1n) is 9.89. The number of carboxylic acid groups (broad SMARTS) is 1. The van der Waals surface area contributed by atoms with Crippen molar-refractivity contribution in [2.45, 2.75) is 20.0 Å². The number of alkyl carbamates (subject to hydrolysis) is 1. The fourth-order valence-electron chi connectivity index (χ4n) is 3.42. The van der Waals surface area contributed by atoms with E-state index in [2.05, 4.69) is 5.32 Å². The molecule has 0 bridgehead atoms. The Balaban J connectivity index is 1.99. The lowest BCUT2D eigenvalue weighted by molar-refractivity contribution is -0.131. The summed E-state index contributed by atoms with van der Waals surface area (Å²) in [4.78, 5) is 36.1. The van der Waals surface area contributed by atoms with Gasteiger partial charge in [-0.1, -0.05) is 68.5 Å². The predicted octanol–water partition coefficient (Wildman–Crippen LogP) is 4.82. The van der Waals surface area contributed by atoms with E-state index in [0.717, 1.165) is 6.08 Å². The minimum atomic E-state index is -1.14. The van der Waals surface area contributed by atoms with Gasteiger partial charge in [0.15, 0.2) is 0 Å². The third-order valence-corrected chi connectivity index (χ3v) is 5.02. The molecule has 0 aromatic heterocycles. The molecule has 7 heteroatoms. The molecule has 3 aromatic carbocycles. The quantitative estimate of drug-likeness (QED) is 0.481. The maximum Gasteiger partial charge on any atom is 0.414 e. The minimum absolute atomic E-state index is 0.0608. The van der Waals surface area contributed by atoms with Crippen molar-refractivity contribution in [3.63, 3.8) is 0 Å². The van der Waals surface area contributed by atoms with Gasteiger partial charge in [-0.15, -0.1) is 0 Å². The normalized spacial score (nSPS) is 12.4. The number of amides is 2. The number of benzene rings is 3. The van der Waals surface area contributed by atoms with Crippen molar-refractivity contribution in [2.75, 3.05) is 0 Å². The van der Waals surface area contributed by atoms with E-state index in [-0.39, 0.29) is 5.75 Å². The zero-order chi connectivity index (χ0) is 23.3. The first-order chi connectivity index (χ1) is 15.2. The summed E-state index contributed by atoms with van der Waals surface area (Å²) in [7, 11) is 0. The zero-order valence-electron chi connectivity index (χ0n) is 17.6. The van der Waals surface area contributed by atoms with Gasteiger partial charge < -0.3 is 14.9 Å². The summed E-state index contributed by atoms with van der Waals surface area (Å²) in [6.07, 6.45) is 0.463. The topological polar surface area (TPSA) is 113 Å². The maximum absolute atomic E-state index is 12.7. The molecule has 0 spiro atoms. The molecule has 32 heavy (non-hydrogen) atoms. The van der Waals surface area contributed by atoms with E-state index in [1.54, 1.807) is 74.5 Å². The van der Waals surface area contributed by atoms with E-state index >= 15 is 0 Å². The van der Waals surface area contributed by atoms with Gasteiger partial charge in [0.05, 0.1) is 0 Å². The van der Waals surface area contributed by atoms with E-state index < -0.39 is 29.5 Å². The van der Waals surface area contributed by atoms with Crippen LogP contribution in [0.25, 0.3) is 10.8 Å². The summed E-state index contributed by atoms with van der Waals surface area (Å²) >= 11 is 0. The van der Waals surface area contributed by atoms with Crippen molar-refractivity contribution in [3.8, 4) is 5.75 Å². The predicted molar refractivity (Wildman–Crippen MR) is 119 cm³/mol. The fraction of sp³-hybridized carbons (Fsp3) is 0.160. The first-order valence-corrected chi connectivity index (χ1v) is 9.89. The van der Waals surface area contributed by atoms with Crippen molar-refractivity contribution < 1.29 is 29.3 Å². The van der Waals surface area contributed by atoms with Crippen LogP contribution in [0.15, 0.2) is 78.9 Å². The van der Waals surface area contributed by atoms with Gasteiger partial charge in [0.1, 0.15) is 11.9 Å². The van der Waals surface area contributed by atoms with Crippen LogP contribution in [0.1, 0.15) is 35.9 Å². The van der Waals surface area contributed by atoms with Crippen LogP contribution >= 0.6 is 0 Å². The highest BCUT2D eigenvalue weighted by atomic mass is 16.6. The molecule has 0 aliphatic rings. The van der Waals surface area contributed by atoms with Gasteiger partial charge >= 0.3 is 12.1 Å². The average molecular weight is 433 g/mol. The third-order valence-electron chi connectivity index (χ3n) is 5.02. The Bertz CT molecular complexity index is 1180. The molecule has 164 valence electrons. The van der Waals surface area contributed by atoms with E-state index in [4.69, 9.17) is 9.84 Å². The highest BCUT2D eigenvalue weighted by Gasteiger charge is 2.34. The summed E-state index contributed by atoms with van der Waals surface area (Å²) in [5.41, 5.74) is -0.118. The van der Waals surface area contributed by atoms with Crippen LogP contribution in [0.2, 0.25) is 0 Å². The standard InChI is InChI=1S/C25H23NO6/c1-25(2,15-14-21(28)29)22(19-12-13-20(27)18-11-7-6-10-17(18)19)32-24(31)26-23(30)16-8-4-3-5-9-16/h3-15,22,27H,1-2H3,(H,28,29)(H,26,30,31)/b15-14+/t22-/m1/s1. The van der Waals surface area contributed by atoms with Crippen molar-refractivity contribution in [3.05, 3.63) is 90.0 Å². The molecule has 1 atom stereocenters. The SMILES string of the molecule is CC(C)(/C=C/C(=O)O)[C@H](OC(=O)NC(=O)c1ccccc1)c1ccc(O)c2ccccc12. The van der Waals surface area contributed by atoms with Gasteiger partial charge in [-0.2, -0.15) is 0 Å². The molecular formula is C25H23NO6. The largest absolute Gasteiger partial charge is 0.507 e. The Labute approximate surface area is 185 Å². The van der Waals surface area contributed by atoms with Crippen molar-refractivity contribution >= 4 is 28.7 Å².